The van der Waals surface area contributed by atoms with Crippen molar-refractivity contribution in [2.45, 2.75) is 13.8 Å². The Hall–Kier alpha value is -2.78. The first-order chi connectivity index (χ1) is 9.13. The van der Waals surface area contributed by atoms with Gasteiger partial charge in [-0.1, -0.05) is 6.07 Å². The molecule has 3 nitrogen and oxygen atoms in total. The zero-order valence-electron chi connectivity index (χ0n) is 10.9. The molecule has 0 fully saturated rings. The Morgan fingerprint density at radius 2 is 1.42 bits per heavy atom. The second-order valence-electron chi connectivity index (χ2n) is 4.41. The lowest BCUT2D eigenvalue weighted by Crippen LogP contribution is -1.96. The standard InChI is InChI=1S/C16H13N3/c1-11-3-4-14(10-18)8-16(11)19-15-6-5-13(9-17)7-12(15)2/h3-8,19H,1-2H3. The SMILES string of the molecule is Cc1cc(C#N)ccc1Nc1cc(C#N)ccc1C. The molecule has 0 bridgehead atoms. The molecular weight excluding hydrogens is 234 g/mol. The van der Waals surface area contributed by atoms with Gasteiger partial charge in [0, 0.05) is 11.4 Å². The monoisotopic (exact) mass is 247 g/mol. The number of benzene rings is 2. The molecule has 2 aromatic carbocycles. The minimum absolute atomic E-state index is 0.624. The van der Waals surface area contributed by atoms with Gasteiger partial charge in [0.15, 0.2) is 0 Å². The summed E-state index contributed by atoms with van der Waals surface area (Å²) < 4.78 is 0. The molecular formula is C16H13N3. The lowest BCUT2D eigenvalue weighted by Gasteiger charge is -2.12. The summed E-state index contributed by atoms with van der Waals surface area (Å²) in [6, 6.07) is 15.3. The number of nitrogens with one attached hydrogen (secondary N) is 1. The summed E-state index contributed by atoms with van der Waals surface area (Å²) in [5.41, 5.74) is 5.19. The van der Waals surface area contributed by atoms with Crippen LogP contribution in [-0.4, -0.2) is 0 Å². The highest BCUT2D eigenvalue weighted by Gasteiger charge is 2.04. The van der Waals surface area contributed by atoms with Crippen LogP contribution in [0.4, 0.5) is 11.4 Å². The highest BCUT2D eigenvalue weighted by Crippen LogP contribution is 2.24. The van der Waals surface area contributed by atoms with Gasteiger partial charge in [0.25, 0.3) is 0 Å². The minimum Gasteiger partial charge on any atom is -0.355 e. The summed E-state index contributed by atoms with van der Waals surface area (Å²) in [4.78, 5) is 0. The lowest BCUT2D eigenvalue weighted by molar-refractivity contribution is 1.37. The number of hydrogen-bond donors (Lipinski definition) is 1. The fourth-order valence-electron chi connectivity index (χ4n) is 1.84. The molecule has 0 spiro atoms. The van der Waals surface area contributed by atoms with Crippen molar-refractivity contribution in [2.75, 3.05) is 5.32 Å². The molecule has 1 N–H and O–H groups in total. The molecule has 0 unspecified atom stereocenters. The van der Waals surface area contributed by atoms with Gasteiger partial charge in [0.1, 0.15) is 0 Å². The summed E-state index contributed by atoms with van der Waals surface area (Å²) in [6.45, 7) is 3.94. The van der Waals surface area contributed by atoms with E-state index < -0.39 is 0 Å². The predicted octanol–water partition coefficient (Wildman–Crippen LogP) is 3.79. The molecule has 0 heterocycles. The molecule has 0 saturated heterocycles. The van der Waals surface area contributed by atoms with Gasteiger partial charge in [-0.05, 0) is 55.3 Å². The number of nitriles is 2. The van der Waals surface area contributed by atoms with E-state index in [1.807, 2.05) is 38.1 Å². The maximum Gasteiger partial charge on any atom is 0.0992 e. The van der Waals surface area contributed by atoms with Crippen LogP contribution in [0.1, 0.15) is 22.3 Å². The van der Waals surface area contributed by atoms with Crippen molar-refractivity contribution in [2.24, 2.45) is 0 Å². The maximum absolute atomic E-state index is 8.93. The molecule has 0 aromatic heterocycles. The van der Waals surface area contributed by atoms with E-state index in [4.69, 9.17) is 10.5 Å². The quantitative estimate of drug-likeness (QED) is 0.878. The van der Waals surface area contributed by atoms with Gasteiger partial charge in [-0.15, -0.1) is 0 Å². The van der Waals surface area contributed by atoms with Crippen LogP contribution in [0.3, 0.4) is 0 Å². The van der Waals surface area contributed by atoms with Crippen molar-refractivity contribution in [1.82, 2.24) is 0 Å². The molecule has 2 rings (SSSR count). The van der Waals surface area contributed by atoms with Crippen molar-refractivity contribution < 1.29 is 0 Å². The van der Waals surface area contributed by atoms with E-state index in [-0.39, 0.29) is 0 Å². The van der Waals surface area contributed by atoms with Crippen LogP contribution >= 0.6 is 0 Å². The second kappa shape index (κ2) is 5.25. The van der Waals surface area contributed by atoms with Crippen molar-refractivity contribution in [3.05, 3.63) is 58.7 Å². The van der Waals surface area contributed by atoms with Gasteiger partial charge in [-0.2, -0.15) is 10.5 Å². The third kappa shape index (κ3) is 2.73. The van der Waals surface area contributed by atoms with Gasteiger partial charge in [0.2, 0.25) is 0 Å². The molecule has 3 heteroatoms. The number of hydrogen-bond acceptors (Lipinski definition) is 3. The largest absolute Gasteiger partial charge is 0.355 e. The zero-order valence-corrected chi connectivity index (χ0v) is 10.9. The van der Waals surface area contributed by atoms with Gasteiger partial charge in [-0.25, -0.2) is 0 Å². The Bertz CT molecular complexity index is 703. The minimum atomic E-state index is 0.624. The average Bonchev–Trinajstić information content (AvgIpc) is 2.43. The number of aryl methyl sites for hydroxylation is 2. The number of nitrogens with zero attached hydrogens (tertiary/aromatic N) is 2. The molecule has 2 aromatic rings. The van der Waals surface area contributed by atoms with Crippen molar-refractivity contribution in [3.63, 3.8) is 0 Å². The number of anilines is 2. The van der Waals surface area contributed by atoms with Crippen molar-refractivity contribution >= 4 is 11.4 Å². The highest BCUT2D eigenvalue weighted by atomic mass is 14.9. The van der Waals surface area contributed by atoms with Crippen molar-refractivity contribution in [3.8, 4) is 12.1 Å². The van der Waals surface area contributed by atoms with Crippen molar-refractivity contribution in [1.29, 1.82) is 10.5 Å². The van der Waals surface area contributed by atoms with E-state index in [0.717, 1.165) is 22.5 Å². The Balaban J connectivity index is 2.37. The normalized spacial score (nSPS) is 9.47. The molecule has 0 atom stereocenters. The average molecular weight is 247 g/mol. The first kappa shape index (κ1) is 12.7. The van der Waals surface area contributed by atoms with Gasteiger partial charge in [0.05, 0.1) is 23.3 Å². The Morgan fingerprint density at radius 3 is 2.05 bits per heavy atom. The Labute approximate surface area is 112 Å². The predicted molar refractivity (Wildman–Crippen MR) is 75.1 cm³/mol. The Morgan fingerprint density at radius 1 is 0.789 bits per heavy atom. The first-order valence-electron chi connectivity index (χ1n) is 5.92. The number of rotatable bonds is 2. The third-order valence-corrected chi connectivity index (χ3v) is 2.99. The van der Waals surface area contributed by atoms with Crippen LogP contribution in [-0.2, 0) is 0 Å². The topological polar surface area (TPSA) is 59.6 Å². The smallest absolute Gasteiger partial charge is 0.0992 e. The van der Waals surface area contributed by atoms with E-state index in [1.54, 1.807) is 12.1 Å². The maximum atomic E-state index is 8.93. The molecule has 0 aliphatic rings. The molecule has 0 saturated carbocycles. The molecule has 0 aliphatic heterocycles. The summed E-state index contributed by atoms with van der Waals surface area (Å²) in [7, 11) is 0. The van der Waals surface area contributed by atoms with Crippen LogP contribution in [0.25, 0.3) is 0 Å². The lowest BCUT2D eigenvalue weighted by atomic mass is 10.1. The fraction of sp³-hybridized carbons (Fsp3) is 0.125. The molecule has 19 heavy (non-hydrogen) atoms. The van der Waals surface area contributed by atoms with Gasteiger partial charge in [-0.3, -0.25) is 0 Å². The van der Waals surface area contributed by atoms with Crippen LogP contribution < -0.4 is 5.32 Å². The van der Waals surface area contributed by atoms with Gasteiger partial charge < -0.3 is 5.32 Å². The molecule has 0 radical (unpaired) electrons. The Kier molecular flexibility index (Phi) is 3.50. The van der Waals surface area contributed by atoms with E-state index in [0.29, 0.717) is 11.1 Å². The second-order valence-corrected chi connectivity index (χ2v) is 4.41. The zero-order chi connectivity index (χ0) is 13.8. The summed E-state index contributed by atoms with van der Waals surface area (Å²) >= 11 is 0. The molecule has 92 valence electrons. The summed E-state index contributed by atoms with van der Waals surface area (Å²) in [5, 5.41) is 21.1. The van der Waals surface area contributed by atoms with Crippen LogP contribution in [0.15, 0.2) is 36.4 Å². The summed E-state index contributed by atoms with van der Waals surface area (Å²) in [6.07, 6.45) is 0. The van der Waals surface area contributed by atoms with E-state index in [1.165, 1.54) is 0 Å². The third-order valence-electron chi connectivity index (χ3n) is 2.99. The van der Waals surface area contributed by atoms with Gasteiger partial charge >= 0.3 is 0 Å². The molecule has 0 amide bonds. The van der Waals surface area contributed by atoms with Crippen LogP contribution in [0.5, 0.6) is 0 Å². The van der Waals surface area contributed by atoms with Crippen LogP contribution in [0.2, 0.25) is 0 Å². The first-order valence-corrected chi connectivity index (χ1v) is 5.92. The van der Waals surface area contributed by atoms with Crippen LogP contribution in [0, 0.1) is 36.5 Å². The fourth-order valence-corrected chi connectivity index (χ4v) is 1.84. The van der Waals surface area contributed by atoms with E-state index >= 15 is 0 Å². The highest BCUT2D eigenvalue weighted by molar-refractivity contribution is 5.67. The molecule has 0 aliphatic carbocycles. The van der Waals surface area contributed by atoms with E-state index in [2.05, 4.69) is 17.5 Å². The van der Waals surface area contributed by atoms with E-state index in [9.17, 15) is 0 Å². The summed E-state index contributed by atoms with van der Waals surface area (Å²) in [5.74, 6) is 0.